The molecule has 2 aromatic heterocycles. The van der Waals surface area contributed by atoms with Gasteiger partial charge in [-0.15, -0.1) is 0 Å². The van der Waals surface area contributed by atoms with E-state index in [1.807, 2.05) is 12.1 Å². The maximum atomic E-state index is 13.6. The van der Waals surface area contributed by atoms with Gasteiger partial charge in [-0.3, -0.25) is 0 Å². The standard InChI is InChI=1S/C18H12F2N4O2/c1-25-14-4-2-13(3-5-14)23-17-15-16(24-26-18(15)22-9-21-17)10-6-11(19)8-12(20)7-10/h2-9H,1H3,(H,21,22,23). The third-order valence-electron chi connectivity index (χ3n) is 3.76. The molecular formula is C18H12F2N4O2. The molecule has 26 heavy (non-hydrogen) atoms. The van der Waals surface area contributed by atoms with Crippen LogP contribution < -0.4 is 10.1 Å². The van der Waals surface area contributed by atoms with Crippen LogP contribution in [0.15, 0.2) is 53.3 Å². The van der Waals surface area contributed by atoms with Gasteiger partial charge in [0.25, 0.3) is 5.71 Å². The van der Waals surface area contributed by atoms with Gasteiger partial charge >= 0.3 is 0 Å². The zero-order valence-corrected chi connectivity index (χ0v) is 13.5. The number of nitrogens with zero attached hydrogens (tertiary/aromatic N) is 3. The lowest BCUT2D eigenvalue weighted by molar-refractivity contribution is 0.415. The fraction of sp³-hybridized carbons (Fsp3) is 0.0556. The van der Waals surface area contributed by atoms with Crippen LogP contribution in [0.1, 0.15) is 0 Å². The number of nitrogens with one attached hydrogen (secondary N) is 1. The maximum absolute atomic E-state index is 13.6. The number of fused-ring (bicyclic) bond motifs is 1. The highest BCUT2D eigenvalue weighted by Gasteiger charge is 2.18. The molecule has 0 saturated heterocycles. The molecule has 1 N–H and O–H groups in total. The number of methoxy groups -OCH3 is 1. The lowest BCUT2D eigenvalue weighted by Gasteiger charge is -2.08. The van der Waals surface area contributed by atoms with Crippen LogP contribution in [0, 0.1) is 11.6 Å². The Bertz CT molecular complexity index is 1060. The summed E-state index contributed by atoms with van der Waals surface area (Å²) in [6.45, 7) is 0. The molecule has 0 radical (unpaired) electrons. The van der Waals surface area contributed by atoms with E-state index >= 15 is 0 Å². The molecule has 0 unspecified atom stereocenters. The summed E-state index contributed by atoms with van der Waals surface area (Å²) in [7, 11) is 1.58. The summed E-state index contributed by atoms with van der Waals surface area (Å²) in [5.74, 6) is -0.305. The predicted molar refractivity (Wildman–Crippen MR) is 91.2 cm³/mol. The summed E-state index contributed by atoms with van der Waals surface area (Å²) in [5.41, 5.74) is 1.42. The Hall–Kier alpha value is -3.55. The second-order valence-electron chi connectivity index (χ2n) is 5.45. The number of hydrogen-bond acceptors (Lipinski definition) is 6. The minimum absolute atomic E-state index is 0.204. The Labute approximate surface area is 146 Å². The van der Waals surface area contributed by atoms with Crippen LogP contribution in [0.4, 0.5) is 20.3 Å². The van der Waals surface area contributed by atoms with E-state index in [-0.39, 0.29) is 17.0 Å². The Balaban J connectivity index is 1.81. The van der Waals surface area contributed by atoms with E-state index in [0.717, 1.165) is 11.8 Å². The quantitative estimate of drug-likeness (QED) is 0.589. The molecule has 4 aromatic rings. The number of ether oxygens (including phenoxy) is 1. The topological polar surface area (TPSA) is 73.1 Å². The van der Waals surface area contributed by atoms with Gasteiger partial charge in [-0.2, -0.15) is 4.98 Å². The summed E-state index contributed by atoms with van der Waals surface area (Å²) in [5, 5.41) is 7.46. The molecule has 8 heteroatoms. The molecule has 0 fully saturated rings. The number of aromatic nitrogens is 3. The summed E-state index contributed by atoms with van der Waals surface area (Å²) >= 11 is 0. The summed E-state index contributed by atoms with van der Waals surface area (Å²) in [4.78, 5) is 8.22. The molecule has 0 spiro atoms. The van der Waals surface area contributed by atoms with Gasteiger partial charge in [0.1, 0.15) is 40.6 Å². The van der Waals surface area contributed by atoms with Crippen LogP contribution in [0.3, 0.4) is 0 Å². The molecule has 2 heterocycles. The molecule has 0 atom stereocenters. The average Bonchev–Trinajstić information content (AvgIpc) is 3.07. The second-order valence-corrected chi connectivity index (χ2v) is 5.45. The zero-order chi connectivity index (χ0) is 18.1. The van der Waals surface area contributed by atoms with Crippen LogP contribution in [-0.4, -0.2) is 22.2 Å². The fourth-order valence-corrected chi connectivity index (χ4v) is 2.58. The van der Waals surface area contributed by atoms with Crippen molar-refractivity contribution in [2.45, 2.75) is 0 Å². The van der Waals surface area contributed by atoms with Crippen molar-refractivity contribution in [2.24, 2.45) is 0 Å². The van der Waals surface area contributed by atoms with Gasteiger partial charge in [-0.05, 0) is 36.4 Å². The van der Waals surface area contributed by atoms with Crippen molar-refractivity contribution in [1.82, 2.24) is 15.1 Å². The smallest absolute Gasteiger partial charge is 0.263 e. The van der Waals surface area contributed by atoms with Crippen molar-refractivity contribution >= 4 is 22.6 Å². The SMILES string of the molecule is COc1ccc(Nc2ncnc3onc(-c4cc(F)cc(F)c4)c23)cc1. The lowest BCUT2D eigenvalue weighted by atomic mass is 10.1. The highest BCUT2D eigenvalue weighted by molar-refractivity contribution is 5.98. The van der Waals surface area contributed by atoms with E-state index in [2.05, 4.69) is 20.4 Å². The molecule has 2 aromatic carbocycles. The first-order chi connectivity index (χ1) is 12.6. The highest BCUT2D eigenvalue weighted by Crippen LogP contribution is 2.33. The minimum Gasteiger partial charge on any atom is -0.497 e. The molecular weight excluding hydrogens is 342 g/mol. The Morgan fingerprint density at radius 1 is 1.00 bits per heavy atom. The third-order valence-corrected chi connectivity index (χ3v) is 3.76. The molecule has 0 aliphatic rings. The Morgan fingerprint density at radius 2 is 1.73 bits per heavy atom. The first-order valence-electron chi connectivity index (χ1n) is 7.62. The number of hydrogen-bond donors (Lipinski definition) is 1. The largest absolute Gasteiger partial charge is 0.497 e. The minimum atomic E-state index is -0.710. The maximum Gasteiger partial charge on any atom is 0.263 e. The summed E-state index contributed by atoms with van der Waals surface area (Å²) in [6, 6.07) is 10.3. The van der Waals surface area contributed by atoms with E-state index in [9.17, 15) is 8.78 Å². The molecule has 6 nitrogen and oxygen atoms in total. The molecule has 0 aliphatic carbocycles. The van der Waals surface area contributed by atoms with Crippen molar-refractivity contribution in [2.75, 3.05) is 12.4 Å². The predicted octanol–water partition coefficient (Wildman–Crippen LogP) is 4.32. The number of halogens is 2. The first-order valence-corrected chi connectivity index (χ1v) is 7.62. The van der Waals surface area contributed by atoms with Crippen LogP contribution in [0.2, 0.25) is 0 Å². The molecule has 0 amide bonds. The molecule has 0 aliphatic heterocycles. The number of anilines is 2. The molecule has 4 rings (SSSR count). The van der Waals surface area contributed by atoms with Crippen LogP contribution >= 0.6 is 0 Å². The third kappa shape index (κ3) is 2.92. The van der Waals surface area contributed by atoms with E-state index in [4.69, 9.17) is 9.26 Å². The van der Waals surface area contributed by atoms with Crippen LogP contribution in [0.25, 0.3) is 22.4 Å². The van der Waals surface area contributed by atoms with Gasteiger partial charge in [-0.1, -0.05) is 5.16 Å². The summed E-state index contributed by atoms with van der Waals surface area (Å²) in [6.07, 6.45) is 1.31. The normalized spacial score (nSPS) is 10.9. The van der Waals surface area contributed by atoms with Crippen LogP contribution in [0.5, 0.6) is 5.75 Å². The van der Waals surface area contributed by atoms with Gasteiger partial charge < -0.3 is 14.6 Å². The van der Waals surface area contributed by atoms with Gasteiger partial charge in [-0.25, -0.2) is 13.8 Å². The lowest BCUT2D eigenvalue weighted by Crippen LogP contribution is -1.96. The zero-order valence-electron chi connectivity index (χ0n) is 13.5. The molecule has 0 saturated carbocycles. The fourth-order valence-electron chi connectivity index (χ4n) is 2.58. The van der Waals surface area contributed by atoms with Crippen molar-refractivity contribution in [3.05, 3.63) is 60.4 Å². The van der Waals surface area contributed by atoms with Gasteiger partial charge in [0.15, 0.2) is 0 Å². The van der Waals surface area contributed by atoms with E-state index in [1.54, 1.807) is 19.2 Å². The number of rotatable bonds is 4. The molecule has 130 valence electrons. The second kappa shape index (κ2) is 6.40. The molecule has 0 bridgehead atoms. The van der Waals surface area contributed by atoms with Crippen LogP contribution in [-0.2, 0) is 0 Å². The van der Waals surface area contributed by atoms with E-state index in [1.165, 1.54) is 18.5 Å². The number of benzene rings is 2. The van der Waals surface area contributed by atoms with Gasteiger partial charge in [0.05, 0.1) is 7.11 Å². The van der Waals surface area contributed by atoms with E-state index < -0.39 is 11.6 Å². The Kier molecular flexibility index (Phi) is 3.92. The van der Waals surface area contributed by atoms with Gasteiger partial charge in [0.2, 0.25) is 0 Å². The monoisotopic (exact) mass is 354 g/mol. The first kappa shape index (κ1) is 15.9. The average molecular weight is 354 g/mol. The highest BCUT2D eigenvalue weighted by atomic mass is 19.1. The van der Waals surface area contributed by atoms with Gasteiger partial charge in [0, 0.05) is 17.3 Å². The van der Waals surface area contributed by atoms with Crippen molar-refractivity contribution in [1.29, 1.82) is 0 Å². The summed E-state index contributed by atoms with van der Waals surface area (Å²) < 4.78 is 37.5. The van der Waals surface area contributed by atoms with Crippen molar-refractivity contribution in [3.8, 4) is 17.0 Å². The van der Waals surface area contributed by atoms with Crippen molar-refractivity contribution in [3.63, 3.8) is 0 Å². The van der Waals surface area contributed by atoms with E-state index in [0.29, 0.717) is 17.0 Å². The Morgan fingerprint density at radius 3 is 2.42 bits per heavy atom. The van der Waals surface area contributed by atoms with Crippen molar-refractivity contribution < 1.29 is 18.0 Å².